The molecule has 1 heterocycles. The topological polar surface area (TPSA) is 46.6 Å². The molecule has 0 N–H and O–H groups in total. The Hall–Kier alpha value is -1.37. The molecule has 1 fully saturated rings. The van der Waals surface area contributed by atoms with E-state index in [1.54, 1.807) is 6.08 Å². The number of carbonyl (C=O) groups is 2. The van der Waals surface area contributed by atoms with Gasteiger partial charge in [-0.05, 0) is 105 Å². The number of carbonyl (C=O) groups excluding carboxylic acids is 2. The van der Waals surface area contributed by atoms with Crippen LogP contribution >= 0.6 is 72.9 Å². The minimum absolute atomic E-state index is 0.240. The van der Waals surface area contributed by atoms with Crippen molar-refractivity contribution in [2.45, 2.75) is 20.1 Å². The lowest BCUT2D eigenvalue weighted by molar-refractivity contribution is -0.123. The molecular weight excluding hydrogens is 728 g/mol. The van der Waals surface area contributed by atoms with Crippen LogP contribution in [0.25, 0.3) is 6.08 Å². The van der Waals surface area contributed by atoms with Gasteiger partial charge in [0.05, 0.1) is 18.6 Å². The molecule has 168 valence electrons. The summed E-state index contributed by atoms with van der Waals surface area (Å²) >= 11 is 8.95. The number of thioether (sulfide) groups is 1. The van der Waals surface area contributed by atoms with Gasteiger partial charge in [0.1, 0.15) is 12.4 Å². The monoisotopic (exact) mass is 745 g/mol. The maximum Gasteiger partial charge on any atom is 0.293 e. The normalized spacial score (nSPS) is 14.9. The van der Waals surface area contributed by atoms with Gasteiger partial charge in [0.25, 0.3) is 11.1 Å². The fourth-order valence-corrected chi connectivity index (χ4v) is 6.72. The number of hydrogen-bond donors (Lipinski definition) is 0. The number of hydrogen-bond acceptors (Lipinski definition) is 4. The van der Waals surface area contributed by atoms with Crippen LogP contribution < -0.4 is 4.74 Å². The Bertz CT molecular complexity index is 1260. The van der Waals surface area contributed by atoms with Gasteiger partial charge in [0, 0.05) is 4.47 Å². The minimum Gasteiger partial charge on any atom is -0.487 e. The molecule has 1 saturated heterocycles. The van der Waals surface area contributed by atoms with Crippen LogP contribution in [-0.4, -0.2) is 16.0 Å². The molecule has 4 nitrogen and oxygen atoms in total. The molecule has 0 bridgehead atoms. The molecule has 1 aliphatic rings. The van der Waals surface area contributed by atoms with Crippen molar-refractivity contribution < 1.29 is 14.3 Å². The van der Waals surface area contributed by atoms with Crippen molar-refractivity contribution in [1.82, 2.24) is 4.90 Å². The summed E-state index contributed by atoms with van der Waals surface area (Å²) in [5.41, 5.74) is 4.06. The van der Waals surface area contributed by atoms with E-state index in [-0.39, 0.29) is 17.7 Å². The van der Waals surface area contributed by atoms with Crippen LogP contribution in [0.3, 0.4) is 0 Å². The molecule has 4 rings (SSSR count). The van der Waals surface area contributed by atoms with Gasteiger partial charge in [-0.1, -0.05) is 64.0 Å². The Morgan fingerprint density at radius 2 is 1.76 bits per heavy atom. The van der Waals surface area contributed by atoms with Crippen LogP contribution in [0, 0.1) is 14.1 Å². The van der Waals surface area contributed by atoms with E-state index in [0.29, 0.717) is 11.5 Å². The van der Waals surface area contributed by atoms with Gasteiger partial charge in [-0.25, -0.2) is 0 Å². The standard InChI is InChI=1S/C25H18BrI2NO3S/c1-15-5-4-6-16(9-15)14-32-23-20(27)10-17(11-21(23)28)12-22-24(30)29(25(31)33-22)13-18-7-2-3-8-19(18)26/h2-12H,13-14H2,1H3/b22-12-. The first-order valence-electron chi connectivity index (χ1n) is 9.98. The first-order valence-corrected chi connectivity index (χ1v) is 13.7. The van der Waals surface area contributed by atoms with E-state index in [1.165, 1.54) is 10.5 Å². The van der Waals surface area contributed by atoms with E-state index in [9.17, 15) is 9.59 Å². The number of rotatable bonds is 6. The SMILES string of the molecule is Cc1cccc(COc2c(I)cc(/C=C3\SC(=O)N(Cc4ccccc4Br)C3=O)cc2I)c1. The highest BCUT2D eigenvalue weighted by atomic mass is 127. The maximum atomic E-state index is 12.9. The lowest BCUT2D eigenvalue weighted by Crippen LogP contribution is -2.27. The molecule has 0 aliphatic carbocycles. The molecule has 3 aromatic carbocycles. The molecule has 2 amide bonds. The fourth-order valence-electron chi connectivity index (χ4n) is 3.34. The van der Waals surface area contributed by atoms with Crippen molar-refractivity contribution in [2.75, 3.05) is 0 Å². The fraction of sp³-hybridized carbons (Fsp3) is 0.120. The molecule has 0 radical (unpaired) electrons. The second kappa shape index (κ2) is 10.9. The number of amides is 2. The molecular formula is C25H18BrI2NO3S. The van der Waals surface area contributed by atoms with Gasteiger partial charge < -0.3 is 4.74 Å². The summed E-state index contributed by atoms with van der Waals surface area (Å²) in [7, 11) is 0. The number of ether oxygens (including phenoxy) is 1. The third kappa shape index (κ3) is 6.01. The number of imide groups is 1. The second-order valence-corrected chi connectivity index (χ2v) is 11.6. The Morgan fingerprint density at radius 3 is 2.45 bits per heavy atom. The summed E-state index contributed by atoms with van der Waals surface area (Å²) < 4.78 is 8.87. The molecule has 0 atom stereocenters. The van der Waals surface area contributed by atoms with Crippen LogP contribution in [-0.2, 0) is 17.9 Å². The molecule has 3 aromatic rings. The van der Waals surface area contributed by atoms with E-state index in [4.69, 9.17) is 4.74 Å². The zero-order valence-electron chi connectivity index (χ0n) is 17.5. The molecule has 0 spiro atoms. The minimum atomic E-state index is -0.273. The lowest BCUT2D eigenvalue weighted by atomic mass is 10.1. The van der Waals surface area contributed by atoms with Gasteiger partial charge in [-0.3, -0.25) is 14.5 Å². The van der Waals surface area contributed by atoms with Crippen molar-refractivity contribution in [2.24, 2.45) is 0 Å². The average Bonchev–Trinajstić information content (AvgIpc) is 3.02. The van der Waals surface area contributed by atoms with E-state index >= 15 is 0 Å². The highest BCUT2D eigenvalue weighted by molar-refractivity contribution is 14.1. The third-order valence-corrected chi connectivity index (χ3v) is 8.23. The molecule has 0 aromatic heterocycles. The highest BCUT2D eigenvalue weighted by Crippen LogP contribution is 2.36. The Labute approximate surface area is 232 Å². The molecule has 1 aliphatic heterocycles. The molecule has 8 heteroatoms. The molecule has 0 unspecified atom stereocenters. The first kappa shape index (κ1) is 24.7. The van der Waals surface area contributed by atoms with Crippen molar-refractivity contribution in [3.05, 3.63) is 99.4 Å². The number of nitrogens with zero attached hydrogens (tertiary/aromatic N) is 1. The number of benzene rings is 3. The summed E-state index contributed by atoms with van der Waals surface area (Å²) in [6, 6.07) is 19.8. The van der Waals surface area contributed by atoms with Gasteiger partial charge >= 0.3 is 0 Å². The van der Waals surface area contributed by atoms with Gasteiger partial charge in [-0.15, -0.1) is 0 Å². The Morgan fingerprint density at radius 1 is 1.03 bits per heavy atom. The van der Waals surface area contributed by atoms with Crippen LogP contribution in [0.1, 0.15) is 22.3 Å². The lowest BCUT2D eigenvalue weighted by Gasteiger charge is -2.13. The third-order valence-electron chi connectivity index (χ3n) is 4.94. The summed E-state index contributed by atoms with van der Waals surface area (Å²) in [5.74, 6) is 0.544. The predicted octanol–water partition coefficient (Wildman–Crippen LogP) is 7.78. The van der Waals surface area contributed by atoms with Crippen LogP contribution in [0.4, 0.5) is 4.79 Å². The van der Waals surface area contributed by atoms with Gasteiger partial charge in [0.2, 0.25) is 0 Å². The summed E-state index contributed by atoms with van der Waals surface area (Å²) in [4.78, 5) is 27.2. The quantitative estimate of drug-likeness (QED) is 0.191. The van der Waals surface area contributed by atoms with E-state index in [0.717, 1.165) is 45.8 Å². The zero-order valence-corrected chi connectivity index (χ0v) is 24.2. The average molecular weight is 746 g/mol. The Kier molecular flexibility index (Phi) is 8.19. The van der Waals surface area contributed by atoms with Crippen LogP contribution in [0.2, 0.25) is 0 Å². The zero-order chi connectivity index (χ0) is 23.5. The maximum absolute atomic E-state index is 12.9. The van der Waals surface area contributed by atoms with E-state index in [2.05, 4.69) is 80.2 Å². The smallest absolute Gasteiger partial charge is 0.293 e. The Balaban J connectivity index is 1.51. The van der Waals surface area contributed by atoms with E-state index in [1.807, 2.05) is 48.5 Å². The summed E-state index contributed by atoms with van der Waals surface area (Å²) in [6.07, 6.45) is 1.78. The molecule has 0 saturated carbocycles. The van der Waals surface area contributed by atoms with Crippen molar-refractivity contribution in [3.8, 4) is 5.75 Å². The summed E-state index contributed by atoms with van der Waals surface area (Å²) in [5, 5.41) is -0.260. The summed E-state index contributed by atoms with van der Waals surface area (Å²) in [6.45, 7) is 2.79. The largest absolute Gasteiger partial charge is 0.487 e. The van der Waals surface area contributed by atoms with Crippen LogP contribution in [0.15, 0.2) is 70.0 Å². The van der Waals surface area contributed by atoms with Crippen molar-refractivity contribution >= 4 is 90.1 Å². The van der Waals surface area contributed by atoms with Crippen molar-refractivity contribution in [3.63, 3.8) is 0 Å². The second-order valence-electron chi connectivity index (χ2n) is 7.45. The van der Waals surface area contributed by atoms with Gasteiger partial charge in [0.15, 0.2) is 0 Å². The van der Waals surface area contributed by atoms with Gasteiger partial charge in [-0.2, -0.15) is 0 Å². The van der Waals surface area contributed by atoms with Crippen LogP contribution in [0.5, 0.6) is 5.75 Å². The first-order chi connectivity index (χ1) is 15.8. The number of halogens is 3. The van der Waals surface area contributed by atoms with E-state index < -0.39 is 0 Å². The number of aryl methyl sites for hydroxylation is 1. The van der Waals surface area contributed by atoms with Crippen molar-refractivity contribution in [1.29, 1.82) is 0 Å². The highest BCUT2D eigenvalue weighted by Gasteiger charge is 2.35. The molecule has 33 heavy (non-hydrogen) atoms. The predicted molar refractivity (Wildman–Crippen MR) is 153 cm³/mol.